The molecule has 1 aromatic heterocycles. The first kappa shape index (κ1) is 19.8. The molecule has 0 fully saturated rings. The molecule has 7 nitrogen and oxygen atoms in total. The lowest BCUT2D eigenvalue weighted by molar-refractivity contribution is -0.129. The summed E-state index contributed by atoms with van der Waals surface area (Å²) in [5, 5.41) is 3.74. The fourth-order valence-electron chi connectivity index (χ4n) is 2.91. The van der Waals surface area contributed by atoms with Gasteiger partial charge < -0.3 is 10.2 Å². The van der Waals surface area contributed by atoms with Gasteiger partial charge in [-0.2, -0.15) is 0 Å². The summed E-state index contributed by atoms with van der Waals surface area (Å²) in [6.45, 7) is 0. The van der Waals surface area contributed by atoms with E-state index in [9.17, 15) is 13.2 Å². The zero-order valence-corrected chi connectivity index (χ0v) is 16.8. The monoisotopic (exact) mass is 398 g/mol. The molecule has 1 amide bonds. The molecule has 0 saturated heterocycles. The summed E-state index contributed by atoms with van der Waals surface area (Å²) in [5.74, 6) is 0.321. The Balaban J connectivity index is 2.02. The number of likely N-dealkylation sites (N-methyl/N-ethyl adjacent to an activating group) is 1. The number of nitrogens with one attached hydrogen (secondary N) is 1. The van der Waals surface area contributed by atoms with Crippen LogP contribution >= 0.6 is 0 Å². The van der Waals surface area contributed by atoms with Crippen molar-refractivity contribution >= 4 is 32.5 Å². The fraction of sp³-hybridized carbons (Fsp3) is 0.250. The van der Waals surface area contributed by atoms with Gasteiger partial charge >= 0.3 is 0 Å². The van der Waals surface area contributed by atoms with E-state index in [4.69, 9.17) is 0 Å². The highest BCUT2D eigenvalue weighted by Crippen LogP contribution is 2.24. The predicted molar refractivity (Wildman–Crippen MR) is 109 cm³/mol. The van der Waals surface area contributed by atoms with Gasteiger partial charge in [0.2, 0.25) is 5.91 Å². The Morgan fingerprint density at radius 1 is 1.11 bits per heavy atom. The van der Waals surface area contributed by atoms with Crippen LogP contribution in [0, 0.1) is 0 Å². The number of hydrogen-bond donors (Lipinski definition) is 1. The number of nitrogens with zero attached hydrogens (tertiary/aromatic N) is 3. The number of aromatic nitrogens is 2. The van der Waals surface area contributed by atoms with Crippen molar-refractivity contribution < 1.29 is 13.2 Å². The van der Waals surface area contributed by atoms with E-state index in [2.05, 4.69) is 15.3 Å². The summed E-state index contributed by atoms with van der Waals surface area (Å²) < 4.78 is 23.9. The molecular weight excluding hydrogens is 376 g/mol. The number of carbonyl (C=O) groups excluding carboxylic acids is 1. The molecule has 1 atom stereocenters. The minimum Gasteiger partial charge on any atom is -0.357 e. The van der Waals surface area contributed by atoms with Crippen molar-refractivity contribution in [1.82, 2.24) is 14.9 Å². The summed E-state index contributed by atoms with van der Waals surface area (Å²) in [6, 6.07) is 13.8. The Morgan fingerprint density at radius 2 is 1.82 bits per heavy atom. The van der Waals surface area contributed by atoms with Gasteiger partial charge in [-0.25, -0.2) is 18.4 Å². The summed E-state index contributed by atoms with van der Waals surface area (Å²) in [6.07, 6.45) is 3.01. The molecule has 146 valence electrons. The van der Waals surface area contributed by atoms with Crippen molar-refractivity contribution in [2.24, 2.45) is 0 Å². The molecule has 1 N–H and O–H groups in total. The van der Waals surface area contributed by atoms with Crippen LogP contribution in [0.25, 0.3) is 10.9 Å². The maximum absolute atomic E-state index is 12.7. The topological polar surface area (TPSA) is 92.3 Å². The lowest BCUT2D eigenvalue weighted by Crippen LogP contribution is -2.40. The number of anilines is 1. The molecule has 0 bridgehead atoms. The molecule has 0 aliphatic rings. The van der Waals surface area contributed by atoms with Gasteiger partial charge in [0, 0.05) is 32.2 Å². The second-order valence-corrected chi connectivity index (χ2v) is 8.81. The number of sulfone groups is 1. The Morgan fingerprint density at radius 3 is 2.46 bits per heavy atom. The van der Waals surface area contributed by atoms with Crippen LogP contribution < -0.4 is 5.32 Å². The van der Waals surface area contributed by atoms with E-state index < -0.39 is 15.9 Å². The zero-order valence-electron chi connectivity index (χ0n) is 16.0. The first-order chi connectivity index (χ1) is 13.3. The Bertz CT molecular complexity index is 1100. The summed E-state index contributed by atoms with van der Waals surface area (Å²) in [5.41, 5.74) is 1.60. The molecule has 2 aromatic carbocycles. The second-order valence-electron chi connectivity index (χ2n) is 6.79. The first-order valence-corrected chi connectivity index (χ1v) is 10.6. The lowest BCUT2D eigenvalue weighted by Gasteiger charge is -2.23. The molecule has 28 heavy (non-hydrogen) atoms. The predicted octanol–water partition coefficient (Wildman–Crippen LogP) is 2.14. The van der Waals surface area contributed by atoms with Gasteiger partial charge in [0.1, 0.15) is 18.2 Å². The molecule has 0 unspecified atom stereocenters. The highest BCUT2D eigenvalue weighted by Gasteiger charge is 2.22. The van der Waals surface area contributed by atoms with Crippen LogP contribution in [0.1, 0.15) is 5.56 Å². The second kappa shape index (κ2) is 7.93. The SMILES string of the molecule is CN(C)C(=O)[C@H](Cc1ccccc1)Nc1ncnc2ccc(S(C)(=O)=O)cc12. The van der Waals surface area contributed by atoms with Crippen molar-refractivity contribution in [1.29, 1.82) is 0 Å². The molecule has 0 spiro atoms. The quantitative estimate of drug-likeness (QED) is 0.684. The summed E-state index contributed by atoms with van der Waals surface area (Å²) >= 11 is 0. The largest absolute Gasteiger partial charge is 0.357 e. The van der Waals surface area contributed by atoms with Crippen molar-refractivity contribution in [3.63, 3.8) is 0 Å². The zero-order chi connectivity index (χ0) is 20.3. The first-order valence-electron chi connectivity index (χ1n) is 8.72. The number of fused-ring (bicyclic) bond motifs is 1. The maximum Gasteiger partial charge on any atom is 0.244 e. The maximum atomic E-state index is 12.7. The summed E-state index contributed by atoms with van der Waals surface area (Å²) in [7, 11) is 0.0162. The van der Waals surface area contributed by atoms with Gasteiger partial charge in [-0.3, -0.25) is 4.79 Å². The standard InChI is InChI=1S/C20H22N4O3S/c1-24(2)20(25)18(11-14-7-5-4-6-8-14)23-19-16-12-15(28(3,26)27)9-10-17(16)21-13-22-19/h4-10,12-13,18H,11H2,1-3H3,(H,21,22,23)/t18-/m0/s1. The number of amides is 1. The number of carbonyl (C=O) groups is 1. The average molecular weight is 398 g/mol. The molecule has 0 aliphatic carbocycles. The van der Waals surface area contributed by atoms with Gasteiger partial charge in [0.05, 0.1) is 10.4 Å². The van der Waals surface area contributed by atoms with Gasteiger partial charge in [-0.15, -0.1) is 0 Å². The number of benzene rings is 2. The minimum absolute atomic E-state index is 0.102. The third kappa shape index (κ3) is 4.45. The van der Waals surface area contributed by atoms with Crippen LogP contribution in [0.15, 0.2) is 59.8 Å². The molecule has 0 radical (unpaired) electrons. The molecule has 0 saturated carbocycles. The molecule has 0 aliphatic heterocycles. The molecule has 3 aromatic rings. The van der Waals surface area contributed by atoms with E-state index in [1.807, 2.05) is 30.3 Å². The third-order valence-corrected chi connectivity index (χ3v) is 5.48. The Kier molecular flexibility index (Phi) is 5.60. The van der Waals surface area contributed by atoms with Crippen LogP contribution in [-0.2, 0) is 21.1 Å². The van der Waals surface area contributed by atoms with E-state index in [1.54, 1.807) is 20.2 Å². The Labute approximate surface area is 164 Å². The van der Waals surface area contributed by atoms with Gasteiger partial charge in [0.15, 0.2) is 9.84 Å². The van der Waals surface area contributed by atoms with Crippen molar-refractivity contribution in [2.75, 3.05) is 25.7 Å². The smallest absolute Gasteiger partial charge is 0.244 e. The van der Waals surface area contributed by atoms with Crippen LogP contribution in [-0.4, -0.2) is 55.6 Å². The van der Waals surface area contributed by atoms with E-state index in [0.717, 1.165) is 11.8 Å². The highest BCUT2D eigenvalue weighted by molar-refractivity contribution is 7.90. The average Bonchev–Trinajstić information content (AvgIpc) is 2.66. The van der Waals surface area contributed by atoms with Gasteiger partial charge in [-0.1, -0.05) is 30.3 Å². The highest BCUT2D eigenvalue weighted by atomic mass is 32.2. The van der Waals surface area contributed by atoms with Crippen LogP contribution in [0.5, 0.6) is 0 Å². The van der Waals surface area contributed by atoms with E-state index in [-0.39, 0.29) is 10.8 Å². The fourth-order valence-corrected chi connectivity index (χ4v) is 3.56. The molecule has 8 heteroatoms. The third-order valence-electron chi connectivity index (χ3n) is 4.37. The van der Waals surface area contributed by atoms with Crippen LogP contribution in [0.2, 0.25) is 0 Å². The Hall–Kier alpha value is -3.00. The normalized spacial score (nSPS) is 12.5. The number of rotatable bonds is 6. The molecular formula is C20H22N4O3S. The van der Waals surface area contributed by atoms with E-state index in [0.29, 0.717) is 23.1 Å². The van der Waals surface area contributed by atoms with Crippen LogP contribution in [0.4, 0.5) is 5.82 Å². The van der Waals surface area contributed by atoms with Crippen LogP contribution in [0.3, 0.4) is 0 Å². The van der Waals surface area contributed by atoms with Gasteiger partial charge in [0.25, 0.3) is 0 Å². The van der Waals surface area contributed by atoms with Gasteiger partial charge in [-0.05, 0) is 23.8 Å². The van der Waals surface area contributed by atoms with Crippen molar-refractivity contribution in [3.8, 4) is 0 Å². The lowest BCUT2D eigenvalue weighted by atomic mass is 10.0. The van der Waals surface area contributed by atoms with E-state index in [1.165, 1.54) is 23.4 Å². The minimum atomic E-state index is -3.38. The number of hydrogen-bond acceptors (Lipinski definition) is 6. The van der Waals surface area contributed by atoms with E-state index >= 15 is 0 Å². The molecule has 1 heterocycles. The van der Waals surface area contributed by atoms with Crippen molar-refractivity contribution in [2.45, 2.75) is 17.4 Å². The molecule has 3 rings (SSSR count). The van der Waals surface area contributed by atoms with Crippen molar-refractivity contribution in [3.05, 3.63) is 60.4 Å². The summed E-state index contributed by atoms with van der Waals surface area (Å²) in [4.78, 5) is 22.9.